The van der Waals surface area contributed by atoms with Gasteiger partial charge in [-0.3, -0.25) is 9.59 Å². The number of halogens is 1. The number of nitrogens with two attached hydrogens (primary N) is 1. The molecule has 1 heterocycles. The molecule has 0 spiro atoms. The van der Waals surface area contributed by atoms with Gasteiger partial charge in [0.05, 0.1) is 5.41 Å². The van der Waals surface area contributed by atoms with Crippen LogP contribution in [0.3, 0.4) is 0 Å². The Hall–Kier alpha value is -1.63. The van der Waals surface area contributed by atoms with Crippen molar-refractivity contribution in [1.29, 1.82) is 0 Å². The van der Waals surface area contributed by atoms with Crippen molar-refractivity contribution in [3.63, 3.8) is 0 Å². The average molecular weight is 384 g/mol. The number of carbonyl (C=O) groups excluding carboxylic acids is 2. The first kappa shape index (κ1) is 22.4. The fraction of sp³-hybridized carbons (Fsp3) is 0.579. The van der Waals surface area contributed by atoms with Crippen molar-refractivity contribution in [2.75, 3.05) is 25.1 Å². The van der Waals surface area contributed by atoms with Crippen LogP contribution < -0.4 is 16.4 Å². The monoisotopic (exact) mass is 383 g/mol. The minimum atomic E-state index is -0.526. The summed E-state index contributed by atoms with van der Waals surface area (Å²) in [5.41, 5.74) is 7.02. The summed E-state index contributed by atoms with van der Waals surface area (Å²) < 4.78 is 5.34. The number of anilines is 1. The highest BCUT2D eigenvalue weighted by molar-refractivity contribution is 5.90. The van der Waals surface area contributed by atoms with Crippen LogP contribution in [0.15, 0.2) is 24.3 Å². The lowest BCUT2D eigenvalue weighted by atomic mass is 9.79. The van der Waals surface area contributed by atoms with Gasteiger partial charge in [-0.05, 0) is 36.5 Å². The zero-order valence-electron chi connectivity index (χ0n) is 15.5. The van der Waals surface area contributed by atoms with Gasteiger partial charge in [0.1, 0.15) is 0 Å². The van der Waals surface area contributed by atoms with Crippen LogP contribution in [0.2, 0.25) is 0 Å². The number of ether oxygens (including phenoxy) is 1. The molecule has 1 saturated heterocycles. The minimum Gasteiger partial charge on any atom is -0.381 e. The van der Waals surface area contributed by atoms with Gasteiger partial charge in [0.25, 0.3) is 0 Å². The number of hydrogen-bond donors (Lipinski definition) is 3. The van der Waals surface area contributed by atoms with E-state index in [1.165, 1.54) is 0 Å². The van der Waals surface area contributed by atoms with Gasteiger partial charge in [0, 0.05) is 38.4 Å². The molecule has 0 bridgehead atoms. The summed E-state index contributed by atoms with van der Waals surface area (Å²) in [6, 6.07) is 7.54. The predicted octanol–water partition coefficient (Wildman–Crippen LogP) is 2.46. The Morgan fingerprint density at radius 1 is 1.27 bits per heavy atom. The van der Waals surface area contributed by atoms with Crippen LogP contribution in [-0.2, 0) is 20.9 Å². The second kappa shape index (κ2) is 10.5. The third-order valence-corrected chi connectivity index (χ3v) is 4.58. The van der Waals surface area contributed by atoms with Crippen LogP contribution in [0.4, 0.5) is 5.69 Å². The number of nitrogens with one attached hydrogen (secondary N) is 2. The maximum absolute atomic E-state index is 12.6. The topological polar surface area (TPSA) is 93.5 Å². The molecule has 0 radical (unpaired) electrons. The molecule has 146 valence electrons. The predicted molar refractivity (Wildman–Crippen MR) is 105 cm³/mol. The smallest absolute Gasteiger partial charge is 0.227 e. The van der Waals surface area contributed by atoms with Gasteiger partial charge in [-0.1, -0.05) is 26.0 Å². The molecule has 0 atom stereocenters. The number of rotatable bonds is 7. The highest BCUT2D eigenvalue weighted by Gasteiger charge is 2.38. The van der Waals surface area contributed by atoms with E-state index >= 15 is 0 Å². The molecule has 0 saturated carbocycles. The molecule has 2 amide bonds. The average Bonchev–Trinajstić information content (AvgIpc) is 2.59. The van der Waals surface area contributed by atoms with E-state index < -0.39 is 5.41 Å². The van der Waals surface area contributed by atoms with Gasteiger partial charge < -0.3 is 21.1 Å². The maximum atomic E-state index is 12.6. The molecule has 26 heavy (non-hydrogen) atoms. The summed E-state index contributed by atoms with van der Waals surface area (Å²) in [6.07, 6.45) is 1.79. The molecule has 2 rings (SSSR count). The van der Waals surface area contributed by atoms with Crippen molar-refractivity contribution in [3.8, 4) is 0 Å². The van der Waals surface area contributed by atoms with E-state index in [1.807, 2.05) is 38.1 Å². The van der Waals surface area contributed by atoms with Crippen molar-refractivity contribution in [1.82, 2.24) is 5.32 Å². The first-order chi connectivity index (χ1) is 11.9. The molecular formula is C19H30ClN3O3. The Kier molecular flexibility index (Phi) is 9.05. The summed E-state index contributed by atoms with van der Waals surface area (Å²) in [4.78, 5) is 24.5. The lowest BCUT2D eigenvalue weighted by molar-refractivity contribution is -0.136. The molecule has 6 nitrogen and oxygen atoms in total. The summed E-state index contributed by atoms with van der Waals surface area (Å²) in [6.45, 7) is 5.90. The van der Waals surface area contributed by atoms with Gasteiger partial charge in [-0.25, -0.2) is 0 Å². The zero-order chi connectivity index (χ0) is 18.3. The van der Waals surface area contributed by atoms with Crippen LogP contribution in [0.25, 0.3) is 0 Å². The quantitative estimate of drug-likeness (QED) is 0.674. The number of benzene rings is 1. The number of amides is 2. The van der Waals surface area contributed by atoms with E-state index in [4.69, 9.17) is 10.5 Å². The van der Waals surface area contributed by atoms with Crippen molar-refractivity contribution < 1.29 is 14.3 Å². The van der Waals surface area contributed by atoms with Gasteiger partial charge in [0.2, 0.25) is 11.8 Å². The molecule has 1 aliphatic heterocycles. The second-order valence-electron chi connectivity index (χ2n) is 7.13. The highest BCUT2D eigenvalue weighted by atomic mass is 35.5. The summed E-state index contributed by atoms with van der Waals surface area (Å²) in [7, 11) is 0. The van der Waals surface area contributed by atoms with E-state index in [0.717, 1.165) is 11.3 Å². The van der Waals surface area contributed by atoms with Gasteiger partial charge in [0.15, 0.2) is 0 Å². The standard InChI is InChI=1S/C19H29N3O3.ClH/c1-14(2)10-17(23)22-16-5-3-4-15(11-16)12-21-18(24)19(13-20)6-8-25-9-7-19;/h3-5,11,14H,6-10,12-13,20H2,1-2H3,(H,21,24)(H,22,23);1H. The first-order valence-electron chi connectivity index (χ1n) is 8.90. The maximum Gasteiger partial charge on any atom is 0.227 e. The molecule has 0 unspecified atom stereocenters. The fourth-order valence-electron chi connectivity index (χ4n) is 3.00. The molecule has 1 aromatic carbocycles. The molecule has 4 N–H and O–H groups in total. The van der Waals surface area contributed by atoms with Crippen molar-refractivity contribution >= 4 is 29.9 Å². The Balaban J connectivity index is 0.00000338. The van der Waals surface area contributed by atoms with Gasteiger partial charge in [-0.15, -0.1) is 12.4 Å². The molecule has 1 aliphatic rings. The van der Waals surface area contributed by atoms with E-state index in [-0.39, 0.29) is 24.2 Å². The molecule has 7 heteroatoms. The molecule has 1 aromatic rings. The zero-order valence-corrected chi connectivity index (χ0v) is 16.4. The van der Waals surface area contributed by atoms with Crippen LogP contribution in [-0.4, -0.2) is 31.6 Å². The van der Waals surface area contributed by atoms with Crippen molar-refractivity contribution in [2.24, 2.45) is 17.1 Å². The van der Waals surface area contributed by atoms with E-state index in [1.54, 1.807) is 0 Å². The van der Waals surface area contributed by atoms with Crippen LogP contribution in [0.5, 0.6) is 0 Å². The lowest BCUT2D eigenvalue weighted by Crippen LogP contribution is -2.48. The highest BCUT2D eigenvalue weighted by Crippen LogP contribution is 2.29. The van der Waals surface area contributed by atoms with E-state index in [0.29, 0.717) is 51.5 Å². The lowest BCUT2D eigenvalue weighted by Gasteiger charge is -2.34. The molecule has 0 aliphatic carbocycles. The second-order valence-corrected chi connectivity index (χ2v) is 7.13. The largest absolute Gasteiger partial charge is 0.381 e. The summed E-state index contributed by atoms with van der Waals surface area (Å²) in [5, 5.41) is 5.88. The Morgan fingerprint density at radius 2 is 1.96 bits per heavy atom. The number of hydrogen-bond acceptors (Lipinski definition) is 4. The van der Waals surface area contributed by atoms with Crippen molar-refractivity contribution in [2.45, 2.75) is 39.7 Å². The Bertz CT molecular complexity index is 601. The van der Waals surface area contributed by atoms with Gasteiger partial charge >= 0.3 is 0 Å². The van der Waals surface area contributed by atoms with Crippen molar-refractivity contribution in [3.05, 3.63) is 29.8 Å². The SMILES string of the molecule is CC(C)CC(=O)Nc1cccc(CNC(=O)C2(CN)CCOCC2)c1.Cl. The summed E-state index contributed by atoms with van der Waals surface area (Å²) >= 11 is 0. The number of carbonyl (C=O) groups is 2. The third kappa shape index (κ3) is 6.27. The minimum absolute atomic E-state index is 0. The van der Waals surface area contributed by atoms with Gasteiger partial charge in [-0.2, -0.15) is 0 Å². The molecule has 1 fully saturated rings. The Morgan fingerprint density at radius 3 is 2.58 bits per heavy atom. The van der Waals surface area contributed by atoms with Crippen LogP contribution in [0, 0.1) is 11.3 Å². The first-order valence-corrected chi connectivity index (χ1v) is 8.90. The van der Waals surface area contributed by atoms with E-state index in [2.05, 4.69) is 10.6 Å². The molecule has 0 aromatic heterocycles. The fourth-order valence-corrected chi connectivity index (χ4v) is 3.00. The summed E-state index contributed by atoms with van der Waals surface area (Å²) in [5.74, 6) is 0.294. The normalized spacial score (nSPS) is 15.8. The van der Waals surface area contributed by atoms with Crippen LogP contribution >= 0.6 is 12.4 Å². The Labute approximate surface area is 161 Å². The molecular weight excluding hydrogens is 354 g/mol. The van der Waals surface area contributed by atoms with E-state index in [9.17, 15) is 9.59 Å². The van der Waals surface area contributed by atoms with Crippen LogP contribution in [0.1, 0.15) is 38.7 Å². The third-order valence-electron chi connectivity index (χ3n) is 4.58.